The maximum atomic E-state index is 2.45. The third-order valence-electron chi connectivity index (χ3n) is 11.6. The second-order valence-electron chi connectivity index (χ2n) is 15.6. The number of anilines is 3. The Morgan fingerprint density at radius 1 is 0.400 bits per heavy atom. The van der Waals surface area contributed by atoms with Crippen molar-refractivity contribution in [3.05, 3.63) is 204 Å². The molecule has 0 fully saturated rings. The lowest BCUT2D eigenvalue weighted by Crippen LogP contribution is -2.15. The summed E-state index contributed by atoms with van der Waals surface area (Å²) < 4.78 is 2.45. The van der Waals surface area contributed by atoms with E-state index in [1.54, 1.807) is 0 Å². The van der Waals surface area contributed by atoms with Gasteiger partial charge in [0.1, 0.15) is 0 Å². The van der Waals surface area contributed by atoms with Gasteiger partial charge in [0.05, 0.1) is 11.0 Å². The molecule has 0 amide bonds. The molecule has 264 valence electrons. The van der Waals surface area contributed by atoms with Crippen molar-refractivity contribution in [2.75, 3.05) is 4.90 Å². The second-order valence-corrected chi connectivity index (χ2v) is 15.6. The molecule has 1 aliphatic rings. The Labute approximate surface area is 323 Å². The molecule has 0 unspecified atom stereocenters. The van der Waals surface area contributed by atoms with E-state index in [1.807, 2.05) is 0 Å². The predicted molar refractivity (Wildman–Crippen MR) is 233 cm³/mol. The molecule has 0 saturated carbocycles. The fourth-order valence-electron chi connectivity index (χ4n) is 9.02. The van der Waals surface area contributed by atoms with E-state index in [0.717, 1.165) is 17.1 Å². The number of benzene rings is 8. The molecule has 9 aromatic rings. The quantitative estimate of drug-likeness (QED) is 0.167. The summed E-state index contributed by atoms with van der Waals surface area (Å²) in [5.41, 5.74) is 19.8. The Bertz CT molecular complexity index is 2880. The van der Waals surface area contributed by atoms with Crippen molar-refractivity contribution >= 4 is 38.9 Å². The van der Waals surface area contributed by atoms with Crippen molar-refractivity contribution in [3.8, 4) is 39.1 Å². The topological polar surface area (TPSA) is 8.17 Å². The average Bonchev–Trinajstić information content (AvgIpc) is 3.66. The lowest BCUT2D eigenvalue weighted by Gasteiger charge is -2.26. The molecule has 0 spiro atoms. The molecule has 0 saturated heterocycles. The summed E-state index contributed by atoms with van der Waals surface area (Å²) in [5, 5.41) is 2.48. The van der Waals surface area contributed by atoms with Crippen molar-refractivity contribution in [3.63, 3.8) is 0 Å². The highest BCUT2D eigenvalue weighted by Crippen LogP contribution is 2.51. The summed E-state index contributed by atoms with van der Waals surface area (Å²) in [4.78, 5) is 2.36. The first-order valence-electron chi connectivity index (χ1n) is 19.3. The molecule has 0 atom stereocenters. The summed E-state index contributed by atoms with van der Waals surface area (Å²) in [6.45, 7) is 9.14. The SMILES string of the molecule is Cc1cc(C)cc(-c2ccc3c(c2)C(C)(C)c2cc(-n4c5ccccc5c5cc(N(c6ccccc6)c6ccc(-c7ccccc7)cc6)ccc54)ccc2-3)c1. The molecular weight excluding hydrogens is 665 g/mol. The van der Waals surface area contributed by atoms with Crippen LogP contribution in [0.3, 0.4) is 0 Å². The maximum absolute atomic E-state index is 2.45. The van der Waals surface area contributed by atoms with Gasteiger partial charge in [-0.25, -0.2) is 0 Å². The van der Waals surface area contributed by atoms with Crippen molar-refractivity contribution in [1.82, 2.24) is 4.57 Å². The molecule has 2 nitrogen and oxygen atoms in total. The van der Waals surface area contributed by atoms with E-state index >= 15 is 0 Å². The number of nitrogens with zero attached hydrogens (tertiary/aromatic N) is 2. The van der Waals surface area contributed by atoms with Crippen molar-refractivity contribution in [1.29, 1.82) is 0 Å². The Hall–Kier alpha value is -6.64. The van der Waals surface area contributed by atoms with Gasteiger partial charge < -0.3 is 9.47 Å². The molecule has 1 aromatic heterocycles. The van der Waals surface area contributed by atoms with Crippen molar-refractivity contribution in [2.24, 2.45) is 0 Å². The van der Waals surface area contributed by atoms with Gasteiger partial charge in [-0.2, -0.15) is 0 Å². The summed E-state index contributed by atoms with van der Waals surface area (Å²) in [5.74, 6) is 0. The monoisotopic (exact) mass is 706 g/mol. The van der Waals surface area contributed by atoms with Crippen LogP contribution in [-0.4, -0.2) is 4.57 Å². The maximum Gasteiger partial charge on any atom is 0.0542 e. The second kappa shape index (κ2) is 12.7. The van der Waals surface area contributed by atoms with Crippen LogP contribution in [0.1, 0.15) is 36.1 Å². The highest BCUT2D eigenvalue weighted by atomic mass is 15.1. The van der Waals surface area contributed by atoms with Crippen molar-refractivity contribution < 1.29 is 0 Å². The van der Waals surface area contributed by atoms with Crippen LogP contribution in [0.5, 0.6) is 0 Å². The van der Waals surface area contributed by atoms with Gasteiger partial charge in [0.15, 0.2) is 0 Å². The molecule has 55 heavy (non-hydrogen) atoms. The van der Waals surface area contributed by atoms with Gasteiger partial charge in [-0.05, 0) is 125 Å². The lowest BCUT2D eigenvalue weighted by molar-refractivity contribution is 0.660. The van der Waals surface area contributed by atoms with Gasteiger partial charge in [0.25, 0.3) is 0 Å². The summed E-state index contributed by atoms with van der Waals surface area (Å²) >= 11 is 0. The Kier molecular flexibility index (Phi) is 7.64. The van der Waals surface area contributed by atoms with Crippen LogP contribution in [0.2, 0.25) is 0 Å². The van der Waals surface area contributed by atoms with Gasteiger partial charge in [0.2, 0.25) is 0 Å². The number of aryl methyl sites for hydroxylation is 2. The first-order valence-corrected chi connectivity index (χ1v) is 19.3. The van der Waals surface area contributed by atoms with Crippen LogP contribution in [0.25, 0.3) is 60.9 Å². The number of hydrogen-bond acceptors (Lipinski definition) is 1. The Balaban J connectivity index is 1.08. The third-order valence-corrected chi connectivity index (χ3v) is 11.6. The molecule has 10 rings (SSSR count). The molecule has 0 radical (unpaired) electrons. The van der Waals surface area contributed by atoms with Crippen LogP contribution >= 0.6 is 0 Å². The first-order chi connectivity index (χ1) is 26.8. The number of fused-ring (bicyclic) bond motifs is 6. The van der Waals surface area contributed by atoms with Gasteiger partial charge in [0, 0.05) is 38.9 Å². The fourth-order valence-corrected chi connectivity index (χ4v) is 9.02. The minimum absolute atomic E-state index is 0.145. The van der Waals surface area contributed by atoms with Crippen LogP contribution in [0.4, 0.5) is 17.1 Å². The van der Waals surface area contributed by atoms with Crippen LogP contribution in [-0.2, 0) is 5.41 Å². The molecule has 1 aliphatic carbocycles. The summed E-state index contributed by atoms with van der Waals surface area (Å²) in [6.07, 6.45) is 0. The molecule has 0 N–H and O–H groups in total. The number of aromatic nitrogens is 1. The summed E-state index contributed by atoms with van der Waals surface area (Å²) in [6, 6.07) is 67.0. The largest absolute Gasteiger partial charge is 0.310 e. The normalized spacial score (nSPS) is 12.9. The highest BCUT2D eigenvalue weighted by Gasteiger charge is 2.36. The van der Waals surface area contributed by atoms with Crippen LogP contribution < -0.4 is 4.90 Å². The van der Waals surface area contributed by atoms with Crippen LogP contribution in [0.15, 0.2) is 182 Å². The van der Waals surface area contributed by atoms with E-state index in [4.69, 9.17) is 0 Å². The highest BCUT2D eigenvalue weighted by molar-refractivity contribution is 6.10. The third kappa shape index (κ3) is 5.48. The number of hydrogen-bond donors (Lipinski definition) is 0. The molecule has 8 aromatic carbocycles. The van der Waals surface area contributed by atoms with Crippen molar-refractivity contribution in [2.45, 2.75) is 33.1 Å². The molecule has 0 bridgehead atoms. The molecule has 1 heterocycles. The van der Waals surface area contributed by atoms with Crippen LogP contribution in [0, 0.1) is 13.8 Å². The average molecular weight is 707 g/mol. The molecule has 2 heteroatoms. The fraction of sp³-hybridized carbons (Fsp3) is 0.0943. The molecule has 0 aliphatic heterocycles. The van der Waals surface area contributed by atoms with Gasteiger partial charge in [-0.1, -0.05) is 140 Å². The standard InChI is InChI=1S/C53H42N2/c1-35-29-36(2)31-40(30-35)39-21-26-45-46-27-24-44(34-50(46)53(3,4)49(45)32-39)55-51-18-12-11-17-47(51)48-33-43(25-28-52(48)55)54(41-15-9-6-10-16-41)42-22-19-38(20-23-42)37-13-7-5-8-14-37/h5-34H,1-4H3. The van der Waals surface area contributed by atoms with Gasteiger partial charge in [-0.15, -0.1) is 0 Å². The minimum atomic E-state index is -0.145. The minimum Gasteiger partial charge on any atom is -0.310 e. The van der Waals surface area contributed by atoms with E-state index in [9.17, 15) is 0 Å². The zero-order valence-corrected chi connectivity index (χ0v) is 31.7. The van der Waals surface area contributed by atoms with E-state index < -0.39 is 0 Å². The Morgan fingerprint density at radius 2 is 0.964 bits per heavy atom. The number of rotatable bonds is 6. The Morgan fingerprint density at radius 3 is 1.71 bits per heavy atom. The van der Waals surface area contributed by atoms with E-state index in [2.05, 4.69) is 219 Å². The summed E-state index contributed by atoms with van der Waals surface area (Å²) in [7, 11) is 0. The zero-order chi connectivity index (χ0) is 37.3. The van der Waals surface area contributed by atoms with E-state index in [1.165, 1.54) is 83.1 Å². The predicted octanol–water partition coefficient (Wildman–Crippen LogP) is 14.5. The smallest absolute Gasteiger partial charge is 0.0542 e. The first kappa shape index (κ1) is 33.0. The zero-order valence-electron chi connectivity index (χ0n) is 31.7. The lowest BCUT2D eigenvalue weighted by atomic mass is 9.81. The number of para-hydroxylation sites is 2. The van der Waals surface area contributed by atoms with E-state index in [-0.39, 0.29) is 5.41 Å². The van der Waals surface area contributed by atoms with E-state index in [0.29, 0.717) is 0 Å². The molecular formula is C53H42N2. The van der Waals surface area contributed by atoms with Gasteiger partial charge in [-0.3, -0.25) is 0 Å². The van der Waals surface area contributed by atoms with Gasteiger partial charge >= 0.3 is 0 Å².